The van der Waals surface area contributed by atoms with Gasteiger partial charge in [-0.3, -0.25) is 4.57 Å². The van der Waals surface area contributed by atoms with E-state index in [2.05, 4.69) is 51.6 Å². The van der Waals surface area contributed by atoms with Crippen molar-refractivity contribution in [2.24, 2.45) is 0 Å². The number of benzene rings is 5. The van der Waals surface area contributed by atoms with E-state index in [-0.39, 0.29) is 0 Å². The molecule has 202 valence electrons. The van der Waals surface area contributed by atoms with Gasteiger partial charge in [0.15, 0.2) is 0 Å². The molecule has 0 spiro atoms. The Morgan fingerprint density at radius 2 is 1.02 bits per heavy atom. The number of rotatable bonds is 3. The van der Waals surface area contributed by atoms with Crippen molar-refractivity contribution in [2.75, 3.05) is 0 Å². The number of para-hydroxylation sites is 2. The van der Waals surface area contributed by atoms with E-state index in [9.17, 15) is 15.8 Å². The van der Waals surface area contributed by atoms with Gasteiger partial charge in [-0.1, -0.05) is 54.6 Å². The molecule has 8 aromatic rings. The third-order valence-corrected chi connectivity index (χ3v) is 8.28. The molecule has 0 aliphatic heterocycles. The summed E-state index contributed by atoms with van der Waals surface area (Å²) in [6.45, 7) is 0. The topological polar surface area (TPSA) is 94.1 Å². The highest BCUT2D eigenvalue weighted by molar-refractivity contribution is 6.11. The van der Waals surface area contributed by atoms with Gasteiger partial charge in [-0.2, -0.15) is 15.8 Å². The third kappa shape index (κ3) is 3.61. The quantitative estimate of drug-likeness (QED) is 0.216. The Labute approximate surface area is 252 Å². The summed E-state index contributed by atoms with van der Waals surface area (Å²) in [6, 6.07) is 44.2. The Hall–Kier alpha value is -6.68. The Kier molecular flexibility index (Phi) is 5.53. The van der Waals surface area contributed by atoms with Crippen LogP contribution in [-0.2, 0) is 0 Å². The number of aromatic nitrogens is 3. The van der Waals surface area contributed by atoms with Crippen molar-refractivity contribution in [2.45, 2.75) is 0 Å². The zero-order valence-electron chi connectivity index (χ0n) is 23.2. The lowest BCUT2D eigenvalue weighted by Crippen LogP contribution is -2.04. The standard InChI is InChI=1S/C38H20N6/c39-20-24-13-15-35-30(17-24)28-9-3-5-11-33(28)43(35)37-23-42-38(19-32(37)27-8-2-1-7-26(27)22-41)44-34-12-6-4-10-29(34)31-18-25(21-40)14-16-36(31)44/h1-19,23H. The largest absolute Gasteiger partial charge is 0.307 e. The van der Waals surface area contributed by atoms with Crippen molar-refractivity contribution in [3.05, 3.63) is 138 Å². The number of fused-ring (bicyclic) bond motifs is 6. The molecule has 5 aromatic carbocycles. The van der Waals surface area contributed by atoms with E-state index in [4.69, 9.17) is 4.98 Å². The average Bonchev–Trinajstić information content (AvgIpc) is 3.60. The molecule has 6 heteroatoms. The first kappa shape index (κ1) is 25.1. The molecule has 44 heavy (non-hydrogen) atoms. The first-order chi connectivity index (χ1) is 21.7. The maximum absolute atomic E-state index is 10.2. The smallest absolute Gasteiger partial charge is 0.138 e. The van der Waals surface area contributed by atoms with Crippen LogP contribution in [0.15, 0.2) is 121 Å². The van der Waals surface area contributed by atoms with Gasteiger partial charge in [0.2, 0.25) is 0 Å². The monoisotopic (exact) mass is 560 g/mol. The lowest BCUT2D eigenvalue weighted by atomic mass is 9.99. The van der Waals surface area contributed by atoms with Crippen LogP contribution in [0.4, 0.5) is 0 Å². The minimum atomic E-state index is 0.555. The van der Waals surface area contributed by atoms with Gasteiger partial charge < -0.3 is 4.57 Å². The van der Waals surface area contributed by atoms with Crippen molar-refractivity contribution in [1.82, 2.24) is 14.1 Å². The van der Waals surface area contributed by atoms with E-state index >= 15 is 0 Å². The van der Waals surface area contributed by atoms with Gasteiger partial charge in [-0.05, 0) is 60.7 Å². The SMILES string of the molecule is N#Cc1ccc2c(c1)c1ccccc1n2-c1cc(-c2ccccc2C#N)c(-n2c3ccccc3c3cc(C#N)ccc32)cn1. The highest BCUT2D eigenvalue weighted by atomic mass is 15.1. The fourth-order valence-corrected chi connectivity index (χ4v) is 6.36. The molecule has 0 aliphatic rings. The van der Waals surface area contributed by atoms with Gasteiger partial charge in [-0.15, -0.1) is 0 Å². The molecule has 0 saturated carbocycles. The molecule has 3 heterocycles. The molecule has 0 N–H and O–H groups in total. The van der Waals surface area contributed by atoms with Gasteiger partial charge in [-0.25, -0.2) is 4.98 Å². The second-order valence-corrected chi connectivity index (χ2v) is 10.6. The average molecular weight is 561 g/mol. The first-order valence-corrected chi connectivity index (χ1v) is 14.1. The second-order valence-electron chi connectivity index (χ2n) is 10.6. The molecule has 6 nitrogen and oxygen atoms in total. The summed E-state index contributed by atoms with van der Waals surface area (Å²) < 4.78 is 4.27. The van der Waals surface area contributed by atoms with E-state index < -0.39 is 0 Å². The first-order valence-electron chi connectivity index (χ1n) is 14.1. The second kappa shape index (κ2) is 9.71. The normalized spacial score (nSPS) is 11.1. The minimum Gasteiger partial charge on any atom is -0.307 e. The van der Waals surface area contributed by atoms with Crippen molar-refractivity contribution >= 4 is 43.6 Å². The van der Waals surface area contributed by atoms with Crippen molar-refractivity contribution in [3.8, 4) is 40.8 Å². The number of nitriles is 3. The van der Waals surface area contributed by atoms with Gasteiger partial charge in [0.25, 0.3) is 0 Å². The highest BCUT2D eigenvalue weighted by Gasteiger charge is 2.21. The molecule has 0 fully saturated rings. The van der Waals surface area contributed by atoms with Gasteiger partial charge in [0.05, 0.1) is 68.8 Å². The molecule has 0 saturated heterocycles. The molecular formula is C38H20N6. The summed E-state index contributed by atoms with van der Waals surface area (Å²) in [5.74, 6) is 0.694. The molecule has 0 atom stereocenters. The molecule has 0 aliphatic carbocycles. The molecule has 3 aromatic heterocycles. The lowest BCUT2D eigenvalue weighted by molar-refractivity contribution is 1.06. The van der Waals surface area contributed by atoms with Crippen LogP contribution in [0.2, 0.25) is 0 Å². The van der Waals surface area contributed by atoms with Crippen LogP contribution in [0.3, 0.4) is 0 Å². The van der Waals surface area contributed by atoms with Crippen molar-refractivity contribution in [1.29, 1.82) is 15.8 Å². The van der Waals surface area contributed by atoms with Crippen molar-refractivity contribution in [3.63, 3.8) is 0 Å². The summed E-state index contributed by atoms with van der Waals surface area (Å²) in [4.78, 5) is 5.05. The Bertz CT molecular complexity index is 2600. The minimum absolute atomic E-state index is 0.555. The molecule has 0 radical (unpaired) electrons. The van der Waals surface area contributed by atoms with E-state index in [1.165, 1.54) is 0 Å². The number of hydrogen-bond acceptors (Lipinski definition) is 4. The molecule has 0 unspecified atom stereocenters. The number of hydrogen-bond donors (Lipinski definition) is 0. The van der Waals surface area contributed by atoms with Crippen LogP contribution >= 0.6 is 0 Å². The lowest BCUT2D eigenvalue weighted by Gasteiger charge is -2.17. The van der Waals surface area contributed by atoms with Gasteiger partial charge in [0.1, 0.15) is 5.82 Å². The van der Waals surface area contributed by atoms with Gasteiger partial charge in [0, 0.05) is 32.7 Å². The molecule has 8 rings (SSSR count). The van der Waals surface area contributed by atoms with Crippen LogP contribution < -0.4 is 0 Å². The van der Waals surface area contributed by atoms with E-state index in [1.807, 2.05) is 97.2 Å². The Morgan fingerprint density at radius 1 is 0.477 bits per heavy atom. The van der Waals surface area contributed by atoms with Crippen LogP contribution in [0.1, 0.15) is 16.7 Å². The predicted octanol–water partition coefficient (Wildman–Crippen LogP) is 8.56. The Balaban J connectivity index is 1.49. The molecule has 0 bridgehead atoms. The fourth-order valence-electron chi connectivity index (χ4n) is 6.36. The summed E-state index contributed by atoms with van der Waals surface area (Å²) in [5.41, 5.74) is 8.02. The van der Waals surface area contributed by atoms with E-state index in [1.54, 1.807) is 0 Å². The van der Waals surface area contributed by atoms with Crippen LogP contribution in [0.5, 0.6) is 0 Å². The van der Waals surface area contributed by atoms with Crippen LogP contribution in [-0.4, -0.2) is 14.1 Å². The van der Waals surface area contributed by atoms with Crippen LogP contribution in [0.25, 0.3) is 66.2 Å². The zero-order chi connectivity index (χ0) is 29.8. The molecular weight excluding hydrogens is 540 g/mol. The zero-order valence-corrected chi connectivity index (χ0v) is 23.2. The number of pyridine rings is 1. The number of nitrogens with zero attached hydrogens (tertiary/aromatic N) is 6. The maximum Gasteiger partial charge on any atom is 0.138 e. The fraction of sp³-hybridized carbons (Fsp3) is 0. The third-order valence-electron chi connectivity index (χ3n) is 8.28. The molecule has 0 amide bonds. The summed E-state index contributed by atoms with van der Waals surface area (Å²) in [5, 5.41) is 33.4. The van der Waals surface area contributed by atoms with Crippen molar-refractivity contribution < 1.29 is 0 Å². The highest BCUT2D eigenvalue weighted by Crippen LogP contribution is 2.39. The van der Waals surface area contributed by atoms with E-state index in [0.717, 1.165) is 60.4 Å². The van der Waals surface area contributed by atoms with E-state index in [0.29, 0.717) is 22.5 Å². The maximum atomic E-state index is 10.2. The van der Waals surface area contributed by atoms with Gasteiger partial charge >= 0.3 is 0 Å². The van der Waals surface area contributed by atoms with Crippen LogP contribution in [0, 0.1) is 34.0 Å². The summed E-state index contributed by atoms with van der Waals surface area (Å²) in [6.07, 6.45) is 1.87. The summed E-state index contributed by atoms with van der Waals surface area (Å²) >= 11 is 0. The summed E-state index contributed by atoms with van der Waals surface area (Å²) in [7, 11) is 0. The Morgan fingerprint density at radius 3 is 1.66 bits per heavy atom. The predicted molar refractivity (Wildman–Crippen MR) is 172 cm³/mol.